The summed E-state index contributed by atoms with van der Waals surface area (Å²) in [6.07, 6.45) is 3.85. The normalized spacial score (nSPS) is 15.1. The lowest BCUT2D eigenvalue weighted by Gasteiger charge is -2.16. The number of halogens is 1. The predicted molar refractivity (Wildman–Crippen MR) is 70.5 cm³/mol. The molecule has 0 aliphatic heterocycles. The third-order valence-corrected chi connectivity index (χ3v) is 3.68. The van der Waals surface area contributed by atoms with Crippen LogP contribution in [-0.4, -0.2) is 39.2 Å². The van der Waals surface area contributed by atoms with E-state index in [0.717, 1.165) is 12.8 Å². The summed E-state index contributed by atoms with van der Waals surface area (Å²) in [5.74, 6) is 0.573. The molecule has 100 valence electrons. The minimum absolute atomic E-state index is 0.193. The third kappa shape index (κ3) is 3.09. The molecule has 0 unspecified atom stereocenters. The molecule has 2 rings (SSSR count). The second kappa shape index (κ2) is 5.81. The van der Waals surface area contributed by atoms with Gasteiger partial charge < -0.3 is 15.5 Å². The predicted octanol–water partition coefficient (Wildman–Crippen LogP) is 0.181. The van der Waals surface area contributed by atoms with Crippen molar-refractivity contribution in [1.82, 2.24) is 9.78 Å². The van der Waals surface area contributed by atoms with E-state index in [1.807, 2.05) is 0 Å². The van der Waals surface area contributed by atoms with E-state index in [0.29, 0.717) is 22.6 Å². The second-order valence-electron chi connectivity index (χ2n) is 4.51. The van der Waals surface area contributed by atoms with Crippen LogP contribution in [0.2, 0.25) is 0 Å². The number of aromatic nitrogens is 2. The van der Waals surface area contributed by atoms with E-state index in [2.05, 4.69) is 26.3 Å². The summed E-state index contributed by atoms with van der Waals surface area (Å²) >= 11 is 3.23. The highest BCUT2D eigenvalue weighted by Gasteiger charge is 2.23. The molecular weight excluding hydrogens is 302 g/mol. The van der Waals surface area contributed by atoms with Gasteiger partial charge in [-0.3, -0.25) is 4.79 Å². The number of hydrogen-bond donors (Lipinski definition) is 3. The van der Waals surface area contributed by atoms with Gasteiger partial charge >= 0.3 is 0 Å². The molecule has 1 aromatic rings. The molecule has 1 aliphatic rings. The first kappa shape index (κ1) is 13.5. The van der Waals surface area contributed by atoms with Crippen LogP contribution in [0.4, 0.5) is 5.69 Å². The number of hydrogen-bond acceptors (Lipinski definition) is 5. The summed E-state index contributed by atoms with van der Waals surface area (Å²) in [6.45, 7) is 0.226. The fourth-order valence-electron chi connectivity index (χ4n) is 1.61. The number of aliphatic hydroxyl groups is 2. The van der Waals surface area contributed by atoms with Gasteiger partial charge in [0.25, 0.3) is 5.56 Å². The average Bonchev–Trinajstić information content (AvgIpc) is 3.18. The van der Waals surface area contributed by atoms with Crippen molar-refractivity contribution in [3.05, 3.63) is 21.0 Å². The van der Waals surface area contributed by atoms with E-state index >= 15 is 0 Å². The molecule has 0 amide bonds. The summed E-state index contributed by atoms with van der Waals surface area (Å²) in [4.78, 5) is 12.0. The Morgan fingerprint density at radius 1 is 1.50 bits per heavy atom. The van der Waals surface area contributed by atoms with Crippen LogP contribution < -0.4 is 10.9 Å². The van der Waals surface area contributed by atoms with Gasteiger partial charge in [0.2, 0.25) is 0 Å². The molecule has 0 bridgehead atoms. The molecule has 6 nitrogen and oxygen atoms in total. The van der Waals surface area contributed by atoms with Gasteiger partial charge in [0.05, 0.1) is 31.1 Å². The zero-order valence-electron chi connectivity index (χ0n) is 9.84. The van der Waals surface area contributed by atoms with Crippen molar-refractivity contribution in [1.29, 1.82) is 0 Å². The first-order valence-corrected chi connectivity index (χ1v) is 6.69. The Balaban J connectivity index is 2.17. The van der Waals surface area contributed by atoms with Crippen LogP contribution in [0.5, 0.6) is 0 Å². The zero-order chi connectivity index (χ0) is 13.1. The molecule has 0 spiro atoms. The van der Waals surface area contributed by atoms with E-state index in [1.165, 1.54) is 10.9 Å². The molecule has 18 heavy (non-hydrogen) atoms. The van der Waals surface area contributed by atoms with Crippen LogP contribution in [0.1, 0.15) is 12.8 Å². The molecule has 3 N–H and O–H groups in total. The van der Waals surface area contributed by atoms with Crippen LogP contribution in [0.25, 0.3) is 0 Å². The number of nitrogens with zero attached hydrogens (tertiary/aromatic N) is 2. The average molecular weight is 318 g/mol. The van der Waals surface area contributed by atoms with Crippen molar-refractivity contribution in [2.75, 3.05) is 18.5 Å². The number of aliphatic hydroxyl groups excluding tert-OH is 2. The highest BCUT2D eigenvalue weighted by Crippen LogP contribution is 2.30. The lowest BCUT2D eigenvalue weighted by molar-refractivity contribution is 0.204. The summed E-state index contributed by atoms with van der Waals surface area (Å²) < 4.78 is 1.82. The lowest BCUT2D eigenvalue weighted by Crippen LogP contribution is -2.31. The van der Waals surface area contributed by atoms with Crippen molar-refractivity contribution in [2.45, 2.75) is 25.4 Å². The van der Waals surface area contributed by atoms with Crippen LogP contribution in [0, 0.1) is 5.92 Å². The van der Waals surface area contributed by atoms with E-state index in [1.54, 1.807) is 0 Å². The summed E-state index contributed by atoms with van der Waals surface area (Å²) in [6, 6.07) is -0.498. The van der Waals surface area contributed by atoms with E-state index < -0.39 is 6.04 Å². The molecule has 1 heterocycles. The molecular formula is C11H16BrN3O3. The molecule has 0 radical (unpaired) electrons. The zero-order valence-corrected chi connectivity index (χ0v) is 11.4. The monoisotopic (exact) mass is 317 g/mol. The van der Waals surface area contributed by atoms with E-state index in [4.69, 9.17) is 10.2 Å². The maximum Gasteiger partial charge on any atom is 0.283 e. The number of rotatable bonds is 6. The Morgan fingerprint density at radius 3 is 2.72 bits per heavy atom. The van der Waals surface area contributed by atoms with Gasteiger partial charge in [-0.15, -0.1) is 0 Å². The lowest BCUT2D eigenvalue weighted by atomic mass is 10.3. The van der Waals surface area contributed by atoms with Gasteiger partial charge in [0.15, 0.2) is 0 Å². The maximum absolute atomic E-state index is 12.0. The standard InChI is InChI=1S/C11H16BrN3O3/c12-10-9(14-8(5-16)6-17)3-13-15(11(10)18)4-7-1-2-7/h3,7-8,14,16-17H,1-2,4-6H2. The summed E-state index contributed by atoms with van der Waals surface area (Å²) in [5.41, 5.74) is 0.293. The fraction of sp³-hybridized carbons (Fsp3) is 0.636. The fourth-order valence-corrected chi connectivity index (χ4v) is 2.03. The topological polar surface area (TPSA) is 87.4 Å². The van der Waals surface area contributed by atoms with Gasteiger partial charge in [-0.1, -0.05) is 0 Å². The molecule has 1 aliphatic carbocycles. The highest BCUT2D eigenvalue weighted by atomic mass is 79.9. The molecule has 0 saturated heterocycles. The van der Waals surface area contributed by atoms with Gasteiger partial charge in [-0.2, -0.15) is 5.10 Å². The molecule has 0 atom stereocenters. The van der Waals surface area contributed by atoms with Crippen LogP contribution in [0.3, 0.4) is 0 Å². The highest BCUT2D eigenvalue weighted by molar-refractivity contribution is 9.10. The van der Waals surface area contributed by atoms with Crippen LogP contribution >= 0.6 is 15.9 Å². The van der Waals surface area contributed by atoms with Crippen LogP contribution in [-0.2, 0) is 6.54 Å². The Kier molecular flexibility index (Phi) is 4.36. The maximum atomic E-state index is 12.0. The molecule has 0 aromatic carbocycles. The van der Waals surface area contributed by atoms with Crippen molar-refractivity contribution >= 4 is 21.6 Å². The molecule has 7 heteroatoms. The third-order valence-electron chi connectivity index (χ3n) is 2.91. The molecule has 1 fully saturated rings. The smallest absolute Gasteiger partial charge is 0.283 e. The Morgan fingerprint density at radius 2 is 2.17 bits per heavy atom. The SMILES string of the molecule is O=c1c(Br)c(NC(CO)CO)cnn1CC1CC1. The van der Waals surface area contributed by atoms with Gasteiger partial charge in [-0.25, -0.2) is 4.68 Å². The molecule has 1 aromatic heterocycles. The molecule has 1 saturated carbocycles. The van der Waals surface area contributed by atoms with E-state index in [-0.39, 0.29) is 18.8 Å². The first-order valence-electron chi connectivity index (χ1n) is 5.89. The Hall–Kier alpha value is -0.920. The Labute approximate surface area is 113 Å². The van der Waals surface area contributed by atoms with Gasteiger partial charge in [0.1, 0.15) is 4.47 Å². The van der Waals surface area contributed by atoms with E-state index in [9.17, 15) is 4.79 Å². The minimum Gasteiger partial charge on any atom is -0.394 e. The summed E-state index contributed by atoms with van der Waals surface area (Å²) in [5, 5.41) is 24.9. The largest absolute Gasteiger partial charge is 0.394 e. The minimum atomic E-state index is -0.498. The second-order valence-corrected chi connectivity index (χ2v) is 5.30. The number of nitrogens with one attached hydrogen (secondary N) is 1. The van der Waals surface area contributed by atoms with Crippen molar-refractivity contribution in [2.24, 2.45) is 5.92 Å². The van der Waals surface area contributed by atoms with Crippen molar-refractivity contribution < 1.29 is 10.2 Å². The van der Waals surface area contributed by atoms with Gasteiger partial charge in [0, 0.05) is 6.54 Å². The van der Waals surface area contributed by atoms with Crippen LogP contribution in [0.15, 0.2) is 15.5 Å². The first-order chi connectivity index (χ1) is 8.65. The van der Waals surface area contributed by atoms with Crippen molar-refractivity contribution in [3.63, 3.8) is 0 Å². The van der Waals surface area contributed by atoms with Crippen molar-refractivity contribution in [3.8, 4) is 0 Å². The summed E-state index contributed by atoms with van der Waals surface area (Å²) in [7, 11) is 0. The quantitative estimate of drug-likeness (QED) is 0.696. The number of anilines is 1. The Bertz CT molecular complexity index is 469. The van der Waals surface area contributed by atoms with Gasteiger partial charge in [-0.05, 0) is 34.7 Å².